The second-order valence-corrected chi connectivity index (χ2v) is 11.0. The van der Waals surface area contributed by atoms with Crippen molar-refractivity contribution in [3.05, 3.63) is 157 Å². The normalized spacial score (nSPS) is 11.5. The van der Waals surface area contributed by atoms with Gasteiger partial charge in [-0.25, -0.2) is 0 Å². The third-order valence-corrected chi connectivity index (χ3v) is 8.65. The highest BCUT2D eigenvalue weighted by Crippen LogP contribution is 2.46. The van der Waals surface area contributed by atoms with Crippen LogP contribution < -0.4 is 0 Å². The molecule has 0 unspecified atom stereocenters. The molecule has 40 heavy (non-hydrogen) atoms. The van der Waals surface area contributed by atoms with Crippen molar-refractivity contribution < 1.29 is 0 Å². The smallest absolute Gasteiger partial charge is 0.0639 e. The van der Waals surface area contributed by atoms with E-state index in [0.717, 1.165) is 5.56 Å². The maximum Gasteiger partial charge on any atom is 0.0639 e. The Labute approximate surface area is 238 Å². The molecule has 1 aromatic heterocycles. The van der Waals surface area contributed by atoms with Crippen LogP contribution in [0.2, 0.25) is 0 Å². The number of benzene rings is 6. The maximum absolute atomic E-state index is 4.89. The molecule has 0 saturated heterocycles. The molecular weight excluding hydrogens is 502 g/mol. The van der Waals surface area contributed by atoms with Gasteiger partial charge >= 0.3 is 0 Å². The third kappa shape index (κ3) is 4.64. The number of nitrogens with zero attached hydrogens (tertiary/aromatic N) is 1. The molecule has 1 nitrogen and oxygen atoms in total. The lowest BCUT2D eigenvalue weighted by molar-refractivity contribution is 1.08. The molecule has 7 rings (SSSR count). The van der Waals surface area contributed by atoms with Crippen LogP contribution in [0.25, 0.3) is 53.6 Å². The Kier molecular flexibility index (Phi) is 6.53. The summed E-state index contributed by atoms with van der Waals surface area (Å²) in [7, 11) is 0. The van der Waals surface area contributed by atoms with Gasteiger partial charge in [0.2, 0.25) is 0 Å². The van der Waals surface area contributed by atoms with Gasteiger partial charge < -0.3 is 0 Å². The van der Waals surface area contributed by atoms with Crippen molar-refractivity contribution in [1.29, 1.82) is 0 Å². The Morgan fingerprint density at radius 3 is 1.73 bits per heavy atom. The highest BCUT2D eigenvalue weighted by molar-refractivity contribution is 7.27. The molecule has 0 spiro atoms. The molecule has 0 N–H and O–H groups in total. The summed E-state index contributed by atoms with van der Waals surface area (Å²) in [5, 5.41) is 2.55. The minimum absolute atomic E-state index is 0.662. The molecule has 7 aromatic rings. The largest absolute Gasteiger partial charge is 0.288 e. The van der Waals surface area contributed by atoms with Gasteiger partial charge in [-0.3, -0.25) is 4.99 Å². The Morgan fingerprint density at radius 1 is 0.500 bits per heavy atom. The predicted octanol–water partition coefficient (Wildman–Crippen LogP) is 10.7. The average Bonchev–Trinajstić information content (AvgIpc) is 3.42. The quantitative estimate of drug-likeness (QED) is 0.190. The van der Waals surface area contributed by atoms with Gasteiger partial charge in [-0.05, 0) is 45.5 Å². The maximum atomic E-state index is 4.89. The Bertz CT molecular complexity index is 1940. The first-order valence-corrected chi connectivity index (χ1v) is 14.4. The average molecular weight is 530 g/mol. The Balaban J connectivity index is 1.52. The molecule has 0 aliphatic rings. The number of hydrogen-bond donors (Lipinski definition) is 0. The van der Waals surface area contributed by atoms with Gasteiger partial charge in [0.05, 0.1) is 6.54 Å². The summed E-state index contributed by atoms with van der Waals surface area (Å²) in [4.78, 5) is 4.89. The third-order valence-electron chi connectivity index (χ3n) is 7.38. The molecule has 0 radical (unpaired) electrons. The van der Waals surface area contributed by atoms with Crippen molar-refractivity contribution in [2.75, 3.05) is 0 Å². The fourth-order valence-electron chi connectivity index (χ4n) is 5.42. The van der Waals surface area contributed by atoms with Crippen LogP contribution in [-0.2, 0) is 6.54 Å². The second kappa shape index (κ2) is 10.8. The van der Waals surface area contributed by atoms with Crippen LogP contribution in [0.5, 0.6) is 0 Å². The van der Waals surface area contributed by atoms with E-state index in [2.05, 4.69) is 146 Å². The standard InChI is InChI=1S/C38H27NS/c1-5-13-27(14-6-1)25-39-26-31-21-22-33(29-17-9-3-10-18-29)38-36(31)35-24-32(28-15-7-2-8-16-28)23-34(37(35)40-38)30-19-11-4-12-20-30/h1-24,26H,25H2. The molecule has 190 valence electrons. The van der Waals surface area contributed by atoms with Crippen molar-refractivity contribution in [2.45, 2.75) is 6.54 Å². The van der Waals surface area contributed by atoms with Crippen molar-refractivity contribution in [3.8, 4) is 33.4 Å². The molecule has 2 heteroatoms. The predicted molar refractivity (Wildman–Crippen MR) is 173 cm³/mol. The molecule has 0 saturated carbocycles. The first-order chi connectivity index (χ1) is 19.8. The molecule has 0 amide bonds. The Hall–Kier alpha value is -4.79. The fourth-order valence-corrected chi connectivity index (χ4v) is 6.81. The van der Waals surface area contributed by atoms with Crippen molar-refractivity contribution >= 4 is 37.7 Å². The summed E-state index contributed by atoms with van der Waals surface area (Å²) in [5.41, 5.74) is 9.81. The van der Waals surface area contributed by atoms with E-state index in [1.807, 2.05) is 17.4 Å². The summed E-state index contributed by atoms with van der Waals surface area (Å²) in [6.07, 6.45) is 2.06. The zero-order chi connectivity index (χ0) is 26.7. The number of rotatable bonds is 6. The summed E-state index contributed by atoms with van der Waals surface area (Å²) in [6, 6.07) is 51.9. The SMILES string of the molecule is C(=NCc1ccccc1)c1ccc(-c2ccccc2)c2sc3c(-c4ccccc4)cc(-c4ccccc4)cc3c12. The lowest BCUT2D eigenvalue weighted by Gasteiger charge is -2.09. The zero-order valence-electron chi connectivity index (χ0n) is 22.0. The van der Waals surface area contributed by atoms with Crippen LogP contribution in [0.15, 0.2) is 151 Å². The molecule has 0 aliphatic carbocycles. The van der Waals surface area contributed by atoms with Gasteiger partial charge in [0.15, 0.2) is 0 Å². The lowest BCUT2D eigenvalue weighted by atomic mass is 9.94. The first-order valence-electron chi connectivity index (χ1n) is 13.6. The zero-order valence-corrected chi connectivity index (χ0v) is 22.8. The van der Waals surface area contributed by atoms with Crippen molar-refractivity contribution in [2.24, 2.45) is 4.99 Å². The van der Waals surface area contributed by atoms with E-state index in [-0.39, 0.29) is 0 Å². The van der Waals surface area contributed by atoms with Crippen LogP contribution in [0, 0.1) is 0 Å². The molecule has 0 atom stereocenters. The van der Waals surface area contributed by atoms with E-state index in [9.17, 15) is 0 Å². The second-order valence-electron chi connectivity index (χ2n) is 9.96. The van der Waals surface area contributed by atoms with Crippen LogP contribution in [0.3, 0.4) is 0 Å². The first kappa shape index (κ1) is 24.3. The summed E-state index contributed by atoms with van der Waals surface area (Å²) in [5.74, 6) is 0. The molecular formula is C38H27NS. The lowest BCUT2D eigenvalue weighted by Crippen LogP contribution is -1.88. The number of fused-ring (bicyclic) bond motifs is 3. The molecule has 0 aliphatic heterocycles. The number of hydrogen-bond acceptors (Lipinski definition) is 2. The topological polar surface area (TPSA) is 12.4 Å². The highest BCUT2D eigenvalue weighted by atomic mass is 32.1. The van der Waals surface area contributed by atoms with E-state index in [1.54, 1.807) is 0 Å². The summed E-state index contributed by atoms with van der Waals surface area (Å²) < 4.78 is 2.61. The highest BCUT2D eigenvalue weighted by Gasteiger charge is 2.18. The summed E-state index contributed by atoms with van der Waals surface area (Å²) in [6.45, 7) is 0.662. The minimum atomic E-state index is 0.662. The van der Waals surface area contributed by atoms with Crippen LogP contribution in [0.1, 0.15) is 11.1 Å². The van der Waals surface area contributed by atoms with E-state index in [1.165, 1.54) is 59.1 Å². The van der Waals surface area contributed by atoms with Crippen molar-refractivity contribution in [3.63, 3.8) is 0 Å². The molecule has 0 bridgehead atoms. The van der Waals surface area contributed by atoms with Gasteiger partial charge in [0.1, 0.15) is 0 Å². The van der Waals surface area contributed by atoms with Crippen LogP contribution >= 0.6 is 11.3 Å². The van der Waals surface area contributed by atoms with Gasteiger partial charge in [-0.1, -0.05) is 133 Å². The monoisotopic (exact) mass is 529 g/mol. The number of thiophene rings is 1. The van der Waals surface area contributed by atoms with Gasteiger partial charge in [0, 0.05) is 37.5 Å². The van der Waals surface area contributed by atoms with Crippen LogP contribution in [-0.4, -0.2) is 6.21 Å². The van der Waals surface area contributed by atoms with E-state index in [4.69, 9.17) is 4.99 Å². The van der Waals surface area contributed by atoms with Crippen molar-refractivity contribution in [1.82, 2.24) is 0 Å². The van der Waals surface area contributed by atoms with Gasteiger partial charge in [-0.2, -0.15) is 0 Å². The number of aliphatic imine (C=N–C) groups is 1. The van der Waals surface area contributed by atoms with Crippen LogP contribution in [0.4, 0.5) is 0 Å². The van der Waals surface area contributed by atoms with E-state index >= 15 is 0 Å². The van der Waals surface area contributed by atoms with E-state index < -0.39 is 0 Å². The minimum Gasteiger partial charge on any atom is -0.288 e. The van der Waals surface area contributed by atoms with Gasteiger partial charge in [0.25, 0.3) is 0 Å². The Morgan fingerprint density at radius 2 is 1.07 bits per heavy atom. The van der Waals surface area contributed by atoms with Gasteiger partial charge in [-0.15, -0.1) is 11.3 Å². The van der Waals surface area contributed by atoms with E-state index in [0.29, 0.717) is 6.54 Å². The molecule has 6 aromatic carbocycles. The fraction of sp³-hybridized carbons (Fsp3) is 0.0263. The molecule has 1 heterocycles. The summed E-state index contributed by atoms with van der Waals surface area (Å²) >= 11 is 1.89. The molecule has 0 fully saturated rings.